The molecule has 0 unspecified atom stereocenters. The fraction of sp³-hybridized carbons (Fsp3) is 0.182. The first-order valence-corrected chi connectivity index (χ1v) is 9.76. The molecule has 0 spiro atoms. The third kappa shape index (κ3) is 4.76. The Bertz CT molecular complexity index is 1080. The number of aryl methyl sites for hydroxylation is 1. The lowest BCUT2D eigenvalue weighted by Gasteiger charge is -2.11. The van der Waals surface area contributed by atoms with Crippen molar-refractivity contribution in [2.75, 3.05) is 6.61 Å². The van der Waals surface area contributed by atoms with Crippen LogP contribution in [0.25, 0.3) is 5.69 Å². The summed E-state index contributed by atoms with van der Waals surface area (Å²) in [6, 6.07) is 14.6. The van der Waals surface area contributed by atoms with Crippen molar-refractivity contribution in [1.29, 1.82) is 0 Å². The second-order valence-electron chi connectivity index (χ2n) is 6.47. The molecule has 0 atom stereocenters. The van der Waals surface area contributed by atoms with Gasteiger partial charge in [0.05, 0.1) is 5.56 Å². The van der Waals surface area contributed by atoms with E-state index in [-0.39, 0.29) is 11.5 Å². The first-order valence-electron chi connectivity index (χ1n) is 8.97. The van der Waals surface area contributed by atoms with Gasteiger partial charge in [0.25, 0.3) is 0 Å². The van der Waals surface area contributed by atoms with Gasteiger partial charge in [0.1, 0.15) is 5.75 Å². The number of hydrogen-bond acceptors (Lipinski definition) is 4. The Hall–Kier alpha value is -3.00. The summed E-state index contributed by atoms with van der Waals surface area (Å²) in [4.78, 5) is 24.9. The molecule has 0 fully saturated rings. The Morgan fingerprint density at radius 2 is 1.70 bits per heavy atom. The maximum atomic E-state index is 12.7. The summed E-state index contributed by atoms with van der Waals surface area (Å²) in [5, 5.41) is 0. The van der Waals surface area contributed by atoms with Crippen molar-refractivity contribution in [3.63, 3.8) is 0 Å². The van der Waals surface area contributed by atoms with E-state index in [2.05, 4.69) is 20.7 Å². The Balaban J connectivity index is 1.75. The van der Waals surface area contributed by atoms with Crippen molar-refractivity contribution in [3.8, 4) is 11.4 Å². The molecule has 5 nitrogen and oxygen atoms in total. The predicted octanol–water partition coefficient (Wildman–Crippen LogP) is 5.50. The smallest absolute Gasteiger partial charge is 0.387 e. The van der Waals surface area contributed by atoms with Crippen LogP contribution < -0.4 is 4.74 Å². The van der Waals surface area contributed by atoms with Crippen molar-refractivity contribution in [3.05, 3.63) is 81.6 Å². The molecule has 0 saturated carbocycles. The number of halogens is 3. The quantitative estimate of drug-likeness (QED) is 0.333. The standard InChI is InChI=1S/C22H18BrF2NO4/c1-13-11-18(20(27)12-29-21(28)17-5-3-4-6-19(17)23)14(2)26(13)15-7-9-16(10-8-15)30-22(24)25/h3-11,22H,12H2,1-2H3. The van der Waals surface area contributed by atoms with Crippen LogP contribution in [0, 0.1) is 13.8 Å². The Kier molecular flexibility index (Phi) is 6.66. The molecule has 8 heteroatoms. The number of carbonyl (C=O) groups excluding carboxylic acids is 2. The molecule has 0 bridgehead atoms. The van der Waals surface area contributed by atoms with Gasteiger partial charge in [-0.25, -0.2) is 4.79 Å². The molecule has 3 rings (SSSR count). The number of hydrogen-bond donors (Lipinski definition) is 0. The monoisotopic (exact) mass is 477 g/mol. The Labute approximate surface area is 180 Å². The first-order chi connectivity index (χ1) is 14.3. The number of Topliss-reactive ketones (excluding diaryl/α,β-unsaturated/α-hetero) is 1. The molecule has 0 radical (unpaired) electrons. The summed E-state index contributed by atoms with van der Waals surface area (Å²) in [5.41, 5.74) is 2.87. The Morgan fingerprint density at radius 1 is 1.03 bits per heavy atom. The van der Waals surface area contributed by atoms with Crippen LogP contribution in [-0.2, 0) is 4.74 Å². The van der Waals surface area contributed by atoms with Crippen LogP contribution in [0.4, 0.5) is 8.78 Å². The summed E-state index contributed by atoms with van der Waals surface area (Å²) in [6.45, 7) is 0.292. The molecule has 0 N–H and O–H groups in total. The van der Waals surface area contributed by atoms with Gasteiger partial charge >= 0.3 is 12.6 Å². The summed E-state index contributed by atoms with van der Waals surface area (Å²) >= 11 is 3.28. The van der Waals surface area contributed by atoms with Crippen LogP contribution in [0.5, 0.6) is 5.75 Å². The average molecular weight is 478 g/mol. The lowest BCUT2D eigenvalue weighted by Crippen LogP contribution is -2.15. The largest absolute Gasteiger partial charge is 0.454 e. The number of alkyl halides is 2. The van der Waals surface area contributed by atoms with Gasteiger partial charge in [-0.1, -0.05) is 12.1 Å². The number of carbonyl (C=O) groups is 2. The lowest BCUT2D eigenvalue weighted by molar-refractivity contribution is -0.0498. The molecule has 0 saturated heterocycles. The molecule has 2 aromatic carbocycles. The Morgan fingerprint density at radius 3 is 2.33 bits per heavy atom. The van der Waals surface area contributed by atoms with Gasteiger partial charge in [0, 0.05) is 27.1 Å². The van der Waals surface area contributed by atoms with E-state index in [1.54, 1.807) is 49.4 Å². The van der Waals surface area contributed by atoms with Crippen molar-refractivity contribution >= 4 is 27.7 Å². The number of nitrogens with zero attached hydrogens (tertiary/aromatic N) is 1. The van der Waals surface area contributed by atoms with Crippen molar-refractivity contribution in [2.24, 2.45) is 0 Å². The molecule has 156 valence electrons. The van der Waals surface area contributed by atoms with Gasteiger partial charge in [-0.3, -0.25) is 4.79 Å². The highest BCUT2D eigenvalue weighted by Crippen LogP contribution is 2.24. The molecule has 0 aliphatic carbocycles. The molecule has 0 aliphatic rings. The fourth-order valence-electron chi connectivity index (χ4n) is 3.13. The highest BCUT2D eigenvalue weighted by molar-refractivity contribution is 9.10. The predicted molar refractivity (Wildman–Crippen MR) is 111 cm³/mol. The van der Waals surface area contributed by atoms with Gasteiger partial charge in [-0.05, 0) is 72.2 Å². The van der Waals surface area contributed by atoms with Crippen molar-refractivity contribution in [2.45, 2.75) is 20.5 Å². The summed E-state index contributed by atoms with van der Waals surface area (Å²) in [5.74, 6) is -0.891. The van der Waals surface area contributed by atoms with Crippen LogP contribution in [0.2, 0.25) is 0 Å². The fourth-order valence-corrected chi connectivity index (χ4v) is 3.58. The van der Waals surface area contributed by atoms with Crippen LogP contribution in [-0.4, -0.2) is 29.5 Å². The summed E-state index contributed by atoms with van der Waals surface area (Å²) in [7, 11) is 0. The van der Waals surface area contributed by atoms with E-state index >= 15 is 0 Å². The summed E-state index contributed by atoms with van der Waals surface area (Å²) < 4.78 is 36.6. The third-order valence-electron chi connectivity index (χ3n) is 4.48. The topological polar surface area (TPSA) is 57.5 Å². The number of ether oxygens (including phenoxy) is 2. The van der Waals surface area contributed by atoms with E-state index in [1.807, 2.05) is 11.5 Å². The molecule has 0 amide bonds. The number of rotatable bonds is 7. The van der Waals surface area contributed by atoms with Gasteiger partial charge in [-0.15, -0.1) is 0 Å². The maximum absolute atomic E-state index is 12.7. The SMILES string of the molecule is Cc1cc(C(=O)COC(=O)c2ccccc2Br)c(C)n1-c1ccc(OC(F)F)cc1. The second-order valence-corrected chi connectivity index (χ2v) is 7.33. The average Bonchev–Trinajstić information content (AvgIpc) is 3.01. The molecular weight excluding hydrogens is 460 g/mol. The van der Waals surface area contributed by atoms with E-state index in [9.17, 15) is 18.4 Å². The van der Waals surface area contributed by atoms with Gasteiger partial charge in [0.2, 0.25) is 5.78 Å². The maximum Gasteiger partial charge on any atom is 0.387 e. The molecular formula is C22H18BrF2NO4. The van der Waals surface area contributed by atoms with Crippen LogP contribution in [0.1, 0.15) is 32.1 Å². The van der Waals surface area contributed by atoms with E-state index in [0.717, 1.165) is 5.69 Å². The van der Waals surface area contributed by atoms with Gasteiger partial charge in [0.15, 0.2) is 6.61 Å². The third-order valence-corrected chi connectivity index (χ3v) is 5.17. The molecule has 1 aromatic heterocycles. The molecule has 0 aliphatic heterocycles. The zero-order valence-corrected chi connectivity index (χ0v) is 17.8. The molecule has 1 heterocycles. The zero-order chi connectivity index (χ0) is 21.8. The normalized spacial score (nSPS) is 10.9. The first kappa shape index (κ1) is 21.7. The highest BCUT2D eigenvalue weighted by Gasteiger charge is 2.19. The minimum atomic E-state index is -2.89. The summed E-state index contributed by atoms with van der Waals surface area (Å²) in [6.07, 6.45) is 0. The zero-order valence-electron chi connectivity index (χ0n) is 16.2. The van der Waals surface area contributed by atoms with E-state index in [4.69, 9.17) is 4.74 Å². The van der Waals surface area contributed by atoms with E-state index in [0.29, 0.717) is 27.0 Å². The van der Waals surface area contributed by atoms with Crippen LogP contribution in [0.3, 0.4) is 0 Å². The van der Waals surface area contributed by atoms with Crippen molar-refractivity contribution < 1.29 is 27.8 Å². The van der Waals surface area contributed by atoms with Gasteiger partial charge in [-0.2, -0.15) is 8.78 Å². The number of esters is 1. The number of benzene rings is 2. The lowest BCUT2D eigenvalue weighted by atomic mass is 10.1. The molecule has 3 aromatic rings. The highest BCUT2D eigenvalue weighted by atomic mass is 79.9. The van der Waals surface area contributed by atoms with Gasteiger partial charge < -0.3 is 14.0 Å². The van der Waals surface area contributed by atoms with E-state index < -0.39 is 19.2 Å². The van der Waals surface area contributed by atoms with Crippen LogP contribution >= 0.6 is 15.9 Å². The van der Waals surface area contributed by atoms with Crippen molar-refractivity contribution in [1.82, 2.24) is 4.57 Å². The second kappa shape index (κ2) is 9.21. The number of ketones is 1. The minimum absolute atomic E-state index is 0.0477. The number of aromatic nitrogens is 1. The van der Waals surface area contributed by atoms with Crippen LogP contribution in [0.15, 0.2) is 59.1 Å². The minimum Gasteiger partial charge on any atom is -0.454 e. The molecule has 30 heavy (non-hydrogen) atoms. The van der Waals surface area contributed by atoms with E-state index in [1.165, 1.54) is 12.1 Å².